The third-order valence-electron chi connectivity index (χ3n) is 10.7. The molecule has 0 spiro atoms. The predicted octanol–water partition coefficient (Wildman–Crippen LogP) is 15.4. The van der Waals surface area contributed by atoms with Crippen molar-refractivity contribution < 1.29 is 4.42 Å². The second-order valence-corrected chi connectivity index (χ2v) is 14.1. The molecule has 0 atom stereocenters. The van der Waals surface area contributed by atoms with Gasteiger partial charge in [0.15, 0.2) is 0 Å². The van der Waals surface area contributed by atoms with E-state index in [-0.39, 0.29) is 0 Å². The Morgan fingerprint density at radius 2 is 0.768 bits per heavy atom. The second-order valence-electron chi connectivity index (χ2n) is 14.1. The van der Waals surface area contributed by atoms with E-state index in [1.807, 2.05) is 18.2 Å². The third-order valence-corrected chi connectivity index (χ3v) is 10.7. The topological polar surface area (TPSA) is 16.4 Å². The monoisotopic (exact) mass is 715 g/mol. The van der Waals surface area contributed by atoms with Gasteiger partial charge < -0.3 is 9.32 Å². The van der Waals surface area contributed by atoms with Crippen LogP contribution in [0.5, 0.6) is 0 Å². The first-order valence-electron chi connectivity index (χ1n) is 19.1. The first kappa shape index (κ1) is 33.2. The Hall–Kier alpha value is -7.42. The highest BCUT2D eigenvalue weighted by molar-refractivity contribution is 5.97. The zero-order chi connectivity index (χ0) is 37.3. The highest BCUT2D eigenvalue weighted by Gasteiger charge is 2.16. The number of benzene rings is 9. The molecule has 2 heteroatoms. The van der Waals surface area contributed by atoms with E-state index >= 15 is 0 Å². The summed E-state index contributed by atoms with van der Waals surface area (Å²) >= 11 is 0. The minimum Gasteiger partial charge on any atom is -0.456 e. The Balaban J connectivity index is 1.02. The van der Waals surface area contributed by atoms with Crippen LogP contribution in [0.15, 0.2) is 229 Å². The lowest BCUT2D eigenvalue weighted by atomic mass is 9.94. The number of para-hydroxylation sites is 1. The lowest BCUT2D eigenvalue weighted by Crippen LogP contribution is -2.10. The molecule has 10 rings (SSSR count). The number of fused-ring (bicyclic) bond motifs is 2. The summed E-state index contributed by atoms with van der Waals surface area (Å²) in [5.41, 5.74) is 14.7. The minimum atomic E-state index is 0.850. The van der Waals surface area contributed by atoms with Crippen molar-refractivity contribution in [3.05, 3.63) is 224 Å². The summed E-state index contributed by atoms with van der Waals surface area (Å²) in [6.45, 7) is 0. The SMILES string of the molecule is c1ccc(-c2ccccc2-c2ccc(N(c3ccc(-c4ccc(-c5cccc6ccccc56)cc4)cc3)c3cccc(-c4cc5ccccc5o4)c3)cc2)cc1. The lowest BCUT2D eigenvalue weighted by Gasteiger charge is -2.26. The fraction of sp³-hybridized carbons (Fsp3) is 0. The number of hydrogen-bond acceptors (Lipinski definition) is 2. The fourth-order valence-corrected chi connectivity index (χ4v) is 7.89. The Kier molecular flexibility index (Phi) is 8.55. The summed E-state index contributed by atoms with van der Waals surface area (Å²) in [6.07, 6.45) is 0. The van der Waals surface area contributed by atoms with Crippen LogP contribution >= 0.6 is 0 Å². The van der Waals surface area contributed by atoms with Gasteiger partial charge in [0.05, 0.1) is 0 Å². The molecule has 0 saturated heterocycles. The molecule has 0 amide bonds. The quantitative estimate of drug-likeness (QED) is 0.156. The largest absolute Gasteiger partial charge is 0.456 e. The van der Waals surface area contributed by atoms with Gasteiger partial charge in [-0.25, -0.2) is 0 Å². The second kappa shape index (κ2) is 14.4. The Bertz CT molecular complexity index is 2900. The first-order valence-corrected chi connectivity index (χ1v) is 19.1. The molecule has 0 saturated carbocycles. The van der Waals surface area contributed by atoms with Crippen molar-refractivity contribution in [3.8, 4) is 55.8 Å². The number of anilines is 3. The van der Waals surface area contributed by atoms with Gasteiger partial charge in [0.1, 0.15) is 11.3 Å². The normalized spacial score (nSPS) is 11.2. The number of hydrogen-bond donors (Lipinski definition) is 0. The standard InChI is InChI=1S/C54H37NO/c1-2-12-40(13-3-1)49-20-7-8-21-51(49)43-30-34-47(35-31-43)55(48-18-10-17-44(36-48)54-37-45-15-5-9-23-53(45)56-54)46-32-28-39(29-33-46)38-24-26-42(27-25-38)52-22-11-16-41-14-4-6-19-50(41)52/h1-37H. The molecule has 0 fully saturated rings. The summed E-state index contributed by atoms with van der Waals surface area (Å²) in [5, 5.41) is 3.62. The lowest BCUT2D eigenvalue weighted by molar-refractivity contribution is 0.631. The van der Waals surface area contributed by atoms with E-state index in [1.165, 1.54) is 55.3 Å². The van der Waals surface area contributed by atoms with E-state index in [0.717, 1.165) is 39.4 Å². The molecule has 0 aliphatic heterocycles. The summed E-state index contributed by atoms with van der Waals surface area (Å²) < 4.78 is 6.32. The molecule has 2 nitrogen and oxygen atoms in total. The van der Waals surface area contributed by atoms with E-state index in [2.05, 4.69) is 211 Å². The summed E-state index contributed by atoms with van der Waals surface area (Å²) in [6, 6.07) is 80.0. The highest BCUT2D eigenvalue weighted by atomic mass is 16.3. The molecule has 1 heterocycles. The maximum absolute atomic E-state index is 6.32. The van der Waals surface area contributed by atoms with Crippen molar-refractivity contribution in [2.45, 2.75) is 0 Å². The van der Waals surface area contributed by atoms with Crippen molar-refractivity contribution in [1.82, 2.24) is 0 Å². The molecule has 0 bridgehead atoms. The van der Waals surface area contributed by atoms with Crippen LogP contribution in [0.3, 0.4) is 0 Å². The van der Waals surface area contributed by atoms with Crippen LogP contribution in [-0.2, 0) is 0 Å². The van der Waals surface area contributed by atoms with Crippen LogP contribution in [0, 0.1) is 0 Å². The highest BCUT2D eigenvalue weighted by Crippen LogP contribution is 2.40. The molecule has 56 heavy (non-hydrogen) atoms. The maximum atomic E-state index is 6.32. The average Bonchev–Trinajstić information content (AvgIpc) is 3.72. The maximum Gasteiger partial charge on any atom is 0.135 e. The van der Waals surface area contributed by atoms with Crippen molar-refractivity contribution >= 4 is 38.8 Å². The summed E-state index contributed by atoms with van der Waals surface area (Å²) in [7, 11) is 0. The van der Waals surface area contributed by atoms with Gasteiger partial charge in [0.2, 0.25) is 0 Å². The van der Waals surface area contributed by atoms with Gasteiger partial charge in [0.25, 0.3) is 0 Å². The van der Waals surface area contributed by atoms with Crippen LogP contribution in [0.1, 0.15) is 0 Å². The minimum absolute atomic E-state index is 0.850. The average molecular weight is 716 g/mol. The van der Waals surface area contributed by atoms with Gasteiger partial charge in [-0.1, -0.05) is 176 Å². The zero-order valence-corrected chi connectivity index (χ0v) is 30.7. The Labute approximate surface area is 327 Å². The van der Waals surface area contributed by atoms with Gasteiger partial charge in [-0.3, -0.25) is 0 Å². The molecule has 0 aliphatic carbocycles. The Morgan fingerprint density at radius 1 is 0.286 bits per heavy atom. The predicted molar refractivity (Wildman–Crippen MR) is 236 cm³/mol. The van der Waals surface area contributed by atoms with Crippen LogP contribution in [0.25, 0.3) is 77.6 Å². The first-order chi connectivity index (χ1) is 27.7. The van der Waals surface area contributed by atoms with Gasteiger partial charge in [-0.05, 0) is 104 Å². The van der Waals surface area contributed by atoms with Crippen LogP contribution < -0.4 is 4.90 Å². The molecule has 264 valence electrons. The van der Waals surface area contributed by atoms with Gasteiger partial charge in [-0.15, -0.1) is 0 Å². The van der Waals surface area contributed by atoms with Crippen molar-refractivity contribution in [2.75, 3.05) is 4.90 Å². The summed E-state index contributed by atoms with van der Waals surface area (Å²) in [4.78, 5) is 2.33. The van der Waals surface area contributed by atoms with E-state index < -0.39 is 0 Å². The number of nitrogens with zero attached hydrogens (tertiary/aromatic N) is 1. The molecule has 0 radical (unpaired) electrons. The molecule has 0 unspecified atom stereocenters. The molecule has 0 N–H and O–H groups in total. The Morgan fingerprint density at radius 3 is 1.48 bits per heavy atom. The number of rotatable bonds is 8. The van der Waals surface area contributed by atoms with Crippen molar-refractivity contribution in [3.63, 3.8) is 0 Å². The van der Waals surface area contributed by atoms with Gasteiger partial charge in [0, 0.05) is 28.0 Å². The van der Waals surface area contributed by atoms with E-state index in [0.29, 0.717) is 0 Å². The molecule has 0 aliphatic rings. The van der Waals surface area contributed by atoms with E-state index in [4.69, 9.17) is 4.42 Å². The summed E-state index contributed by atoms with van der Waals surface area (Å²) in [5.74, 6) is 0.850. The molecule has 1 aromatic heterocycles. The van der Waals surface area contributed by atoms with Crippen LogP contribution in [0.2, 0.25) is 0 Å². The number of furan rings is 1. The molecule has 10 aromatic rings. The fourth-order valence-electron chi connectivity index (χ4n) is 7.89. The molecular weight excluding hydrogens is 679 g/mol. The zero-order valence-electron chi connectivity index (χ0n) is 30.7. The van der Waals surface area contributed by atoms with Gasteiger partial charge in [-0.2, -0.15) is 0 Å². The van der Waals surface area contributed by atoms with Gasteiger partial charge >= 0.3 is 0 Å². The van der Waals surface area contributed by atoms with Crippen LogP contribution in [-0.4, -0.2) is 0 Å². The molecule has 9 aromatic carbocycles. The van der Waals surface area contributed by atoms with Crippen LogP contribution in [0.4, 0.5) is 17.1 Å². The third kappa shape index (κ3) is 6.34. The van der Waals surface area contributed by atoms with Crippen molar-refractivity contribution in [1.29, 1.82) is 0 Å². The molecular formula is C54H37NO. The van der Waals surface area contributed by atoms with Crippen molar-refractivity contribution in [2.24, 2.45) is 0 Å². The van der Waals surface area contributed by atoms with E-state index in [1.54, 1.807) is 0 Å². The smallest absolute Gasteiger partial charge is 0.135 e. The van der Waals surface area contributed by atoms with E-state index in [9.17, 15) is 0 Å².